The maximum absolute atomic E-state index is 13.4. The van der Waals surface area contributed by atoms with Crippen LogP contribution in [0, 0.1) is 0 Å². The van der Waals surface area contributed by atoms with E-state index >= 15 is 0 Å². The summed E-state index contributed by atoms with van der Waals surface area (Å²) < 4.78 is 12.7. The molecule has 2 amide bonds. The summed E-state index contributed by atoms with van der Waals surface area (Å²) in [6.07, 6.45) is 2.73. The Labute approximate surface area is 177 Å². The first-order valence-corrected chi connectivity index (χ1v) is 10.6. The van der Waals surface area contributed by atoms with Crippen molar-refractivity contribution in [1.29, 1.82) is 0 Å². The third kappa shape index (κ3) is 5.13. The van der Waals surface area contributed by atoms with Crippen molar-refractivity contribution in [3.63, 3.8) is 0 Å². The number of aliphatic hydroxyl groups excluding tert-OH is 1. The number of likely N-dealkylation sites (tertiary alicyclic amines) is 1. The molecule has 9 heteroatoms. The average molecular weight is 423 g/mol. The van der Waals surface area contributed by atoms with Crippen molar-refractivity contribution in [1.82, 2.24) is 19.6 Å². The van der Waals surface area contributed by atoms with Crippen LogP contribution in [0.1, 0.15) is 62.5 Å². The van der Waals surface area contributed by atoms with Gasteiger partial charge in [-0.2, -0.15) is 5.10 Å². The van der Waals surface area contributed by atoms with Crippen LogP contribution in [-0.2, 0) is 16.5 Å². The fourth-order valence-corrected chi connectivity index (χ4v) is 4.03. The number of hydrogen-bond donors (Lipinski definition) is 1. The van der Waals surface area contributed by atoms with E-state index in [0.29, 0.717) is 31.8 Å². The molecule has 2 aliphatic heterocycles. The summed E-state index contributed by atoms with van der Waals surface area (Å²) in [6.45, 7) is 9.23. The summed E-state index contributed by atoms with van der Waals surface area (Å²) in [5.41, 5.74) is 0.722. The molecule has 0 radical (unpaired) electrons. The van der Waals surface area contributed by atoms with Crippen LogP contribution in [0.2, 0.25) is 0 Å². The van der Waals surface area contributed by atoms with Gasteiger partial charge in [0.2, 0.25) is 0 Å². The molecule has 0 bridgehead atoms. The van der Waals surface area contributed by atoms with Crippen LogP contribution in [0.5, 0.6) is 0 Å². The molecule has 9 nitrogen and oxygen atoms in total. The largest absolute Gasteiger partial charge is 0.444 e. The second kappa shape index (κ2) is 8.93. The second-order valence-corrected chi connectivity index (χ2v) is 9.31. The Morgan fingerprint density at radius 1 is 1.33 bits per heavy atom. The zero-order valence-electron chi connectivity index (χ0n) is 18.6. The van der Waals surface area contributed by atoms with Gasteiger partial charge in [-0.05, 0) is 40.5 Å². The lowest BCUT2D eigenvalue weighted by Gasteiger charge is -2.38. The number of hydrogen-bond acceptors (Lipinski definition) is 6. The van der Waals surface area contributed by atoms with Gasteiger partial charge in [0.15, 0.2) is 0 Å². The van der Waals surface area contributed by atoms with Gasteiger partial charge in [0, 0.05) is 38.8 Å². The number of nitrogens with zero attached hydrogens (tertiary/aromatic N) is 4. The zero-order valence-corrected chi connectivity index (χ0v) is 18.6. The first-order valence-electron chi connectivity index (χ1n) is 10.6. The number of aromatic nitrogens is 2. The van der Waals surface area contributed by atoms with Crippen LogP contribution in [0.25, 0.3) is 0 Å². The van der Waals surface area contributed by atoms with E-state index in [1.807, 2.05) is 27.7 Å². The summed E-state index contributed by atoms with van der Waals surface area (Å²) in [7, 11) is 1.80. The molecule has 1 N–H and O–H groups in total. The van der Waals surface area contributed by atoms with Crippen LogP contribution in [0.15, 0.2) is 6.20 Å². The van der Waals surface area contributed by atoms with Crippen molar-refractivity contribution in [2.45, 2.75) is 64.2 Å². The number of aliphatic hydroxyl groups is 1. The number of morpholine rings is 1. The SMILES string of the molecule is CC1COC(CO)CN1C(=O)c1cn(C)nc1C1CCCN(C(=O)OC(C)(C)C)C1. The molecule has 2 aliphatic rings. The van der Waals surface area contributed by atoms with E-state index in [9.17, 15) is 14.7 Å². The van der Waals surface area contributed by atoms with Crippen LogP contribution < -0.4 is 0 Å². The molecule has 2 saturated heterocycles. The van der Waals surface area contributed by atoms with Crippen LogP contribution >= 0.6 is 0 Å². The maximum atomic E-state index is 13.4. The number of carbonyl (C=O) groups is 2. The number of piperidine rings is 1. The quantitative estimate of drug-likeness (QED) is 0.797. The van der Waals surface area contributed by atoms with Crippen LogP contribution in [0.4, 0.5) is 4.79 Å². The van der Waals surface area contributed by atoms with Gasteiger partial charge in [-0.15, -0.1) is 0 Å². The molecule has 3 unspecified atom stereocenters. The van der Waals surface area contributed by atoms with Crippen LogP contribution in [0.3, 0.4) is 0 Å². The first-order chi connectivity index (χ1) is 14.1. The summed E-state index contributed by atoms with van der Waals surface area (Å²) in [5.74, 6) is -0.141. The van der Waals surface area contributed by atoms with Crippen molar-refractivity contribution in [3.05, 3.63) is 17.5 Å². The summed E-state index contributed by atoms with van der Waals surface area (Å²) in [6, 6.07) is -0.0852. The van der Waals surface area contributed by atoms with Crippen molar-refractivity contribution < 1.29 is 24.2 Å². The molecule has 0 aliphatic carbocycles. The number of aryl methyl sites for hydroxylation is 1. The molecular formula is C21H34N4O5. The fourth-order valence-electron chi connectivity index (χ4n) is 4.03. The minimum Gasteiger partial charge on any atom is -0.444 e. The molecule has 30 heavy (non-hydrogen) atoms. The molecular weight excluding hydrogens is 388 g/mol. The Hall–Kier alpha value is -2.13. The third-order valence-corrected chi connectivity index (χ3v) is 5.52. The number of rotatable bonds is 3. The maximum Gasteiger partial charge on any atom is 0.410 e. The van der Waals surface area contributed by atoms with E-state index in [-0.39, 0.29) is 36.7 Å². The summed E-state index contributed by atoms with van der Waals surface area (Å²) in [4.78, 5) is 29.4. The molecule has 168 valence electrons. The molecule has 2 fully saturated rings. The molecule has 3 atom stereocenters. The highest BCUT2D eigenvalue weighted by Crippen LogP contribution is 2.30. The molecule has 0 spiro atoms. The van der Waals surface area contributed by atoms with E-state index in [4.69, 9.17) is 9.47 Å². The van der Waals surface area contributed by atoms with Crippen molar-refractivity contribution in [2.24, 2.45) is 7.05 Å². The predicted molar refractivity (Wildman–Crippen MR) is 110 cm³/mol. The Morgan fingerprint density at radius 2 is 2.07 bits per heavy atom. The van der Waals surface area contributed by atoms with Gasteiger partial charge in [0.25, 0.3) is 5.91 Å². The van der Waals surface area contributed by atoms with Gasteiger partial charge in [-0.1, -0.05) is 0 Å². The highest BCUT2D eigenvalue weighted by Gasteiger charge is 2.35. The first kappa shape index (κ1) is 22.6. The van der Waals surface area contributed by atoms with Gasteiger partial charge in [0.1, 0.15) is 5.60 Å². The Balaban J connectivity index is 1.79. The second-order valence-electron chi connectivity index (χ2n) is 9.31. The lowest BCUT2D eigenvalue weighted by atomic mass is 9.92. The van der Waals surface area contributed by atoms with E-state index in [0.717, 1.165) is 18.5 Å². The van der Waals surface area contributed by atoms with E-state index in [2.05, 4.69) is 5.10 Å². The fraction of sp³-hybridized carbons (Fsp3) is 0.762. The molecule has 3 rings (SSSR count). The number of carbonyl (C=O) groups excluding carboxylic acids is 2. The molecule has 3 heterocycles. The van der Waals surface area contributed by atoms with E-state index < -0.39 is 5.60 Å². The Bertz CT molecular complexity index is 772. The summed E-state index contributed by atoms with van der Waals surface area (Å²) in [5, 5.41) is 14.0. The van der Waals surface area contributed by atoms with Gasteiger partial charge >= 0.3 is 6.09 Å². The standard InChI is InChI=1S/C21H34N4O5/c1-14-13-29-16(12-26)10-25(14)19(27)17-11-23(5)22-18(17)15-7-6-8-24(9-15)20(28)30-21(2,3)4/h11,14-16,26H,6-10,12-13H2,1-5H3. The highest BCUT2D eigenvalue weighted by molar-refractivity contribution is 5.95. The van der Waals surface area contributed by atoms with Gasteiger partial charge < -0.3 is 24.4 Å². The monoisotopic (exact) mass is 422 g/mol. The highest BCUT2D eigenvalue weighted by atomic mass is 16.6. The van der Waals surface area contributed by atoms with E-state index in [1.165, 1.54) is 0 Å². The third-order valence-electron chi connectivity index (χ3n) is 5.52. The van der Waals surface area contributed by atoms with Crippen molar-refractivity contribution >= 4 is 12.0 Å². The van der Waals surface area contributed by atoms with E-state index in [1.54, 1.807) is 27.7 Å². The van der Waals surface area contributed by atoms with Crippen molar-refractivity contribution in [2.75, 3.05) is 32.8 Å². The lowest BCUT2D eigenvalue weighted by Crippen LogP contribution is -2.52. The molecule has 1 aromatic rings. The number of amides is 2. The van der Waals surface area contributed by atoms with Gasteiger partial charge in [-0.25, -0.2) is 4.79 Å². The molecule has 1 aromatic heterocycles. The zero-order chi connectivity index (χ0) is 22.1. The van der Waals surface area contributed by atoms with Crippen LogP contribution in [-0.4, -0.2) is 87.3 Å². The molecule has 0 saturated carbocycles. The van der Waals surface area contributed by atoms with Crippen molar-refractivity contribution in [3.8, 4) is 0 Å². The topological polar surface area (TPSA) is 97.1 Å². The molecule has 0 aromatic carbocycles. The average Bonchev–Trinajstić information content (AvgIpc) is 3.08. The van der Waals surface area contributed by atoms with Gasteiger partial charge in [-0.3, -0.25) is 9.48 Å². The normalized spacial score (nSPS) is 25.3. The lowest BCUT2D eigenvalue weighted by molar-refractivity contribution is -0.0667. The summed E-state index contributed by atoms with van der Waals surface area (Å²) >= 11 is 0. The Morgan fingerprint density at radius 3 is 2.73 bits per heavy atom. The smallest absolute Gasteiger partial charge is 0.410 e. The predicted octanol–water partition coefficient (Wildman–Crippen LogP) is 1.76. The minimum absolute atomic E-state index is 0.0311. The van der Waals surface area contributed by atoms with Gasteiger partial charge in [0.05, 0.1) is 36.6 Å². The minimum atomic E-state index is -0.550. The Kier molecular flexibility index (Phi) is 6.71. The number of ether oxygens (including phenoxy) is 2.